The van der Waals surface area contributed by atoms with Crippen molar-refractivity contribution in [1.82, 2.24) is 30.5 Å². The molecule has 1 spiro atoms. The van der Waals surface area contributed by atoms with Gasteiger partial charge in [-0.3, -0.25) is 19.3 Å². The van der Waals surface area contributed by atoms with Crippen LogP contribution in [0, 0.1) is 17.8 Å². The molecule has 362 valence electrons. The smallest absolute Gasteiger partial charge is 0.329 e. The summed E-state index contributed by atoms with van der Waals surface area (Å²) in [6.45, 7) is 1.70. The summed E-state index contributed by atoms with van der Waals surface area (Å²) >= 11 is 0. The minimum Gasteiger partial charge on any atom is -0.508 e. The minimum atomic E-state index is -2.09. The Balaban J connectivity index is 1.15. The zero-order chi connectivity index (χ0) is 50.2. The number of phenolic OH excluding ortho intramolecular Hbond substituents is 1. The molecule has 2 fully saturated rings. The molecule has 8 atom stereocenters. The highest BCUT2D eigenvalue weighted by Gasteiger charge is 2.75. The first kappa shape index (κ1) is 46.5. The molecular formula is C59H49N7O7. The Hall–Kier alpha value is -8.90. The second-order valence-electron chi connectivity index (χ2n) is 18.5. The minimum absolute atomic E-state index is 0.0526. The standard InChI is InChI=1S/C59H49N7O7/c1-37(39-18-6-2-7-19-39)61-58(72)65-47-33-28-38(17-16-34-64-48-27-15-14-26-46(48)62-63-64)35-45(47)59(57(65)71)50(55(69)60-36-49(68)40-20-8-3-9-21-40)52-56(70)73-53(42-24-12-5-13-25-42)51(41-22-10-4-11-23-41)66(52)54(59)43-29-31-44(67)32-30-43/h2-15,18-33,35,37,49-54,67-68H,34,36H2,1H3,(H,60,69)(H,61,72)/t37-,49+,50-,51-,52-,53+,54+,59-/m1/s1. The number of nitrogens with one attached hydrogen (secondary N) is 2. The van der Waals surface area contributed by atoms with Crippen LogP contribution in [0.25, 0.3) is 11.0 Å². The van der Waals surface area contributed by atoms with Gasteiger partial charge in [-0.15, -0.1) is 5.10 Å². The molecule has 14 heteroatoms. The summed E-state index contributed by atoms with van der Waals surface area (Å²) in [6, 6.07) is 51.1. The first-order chi connectivity index (χ1) is 35.6. The third kappa shape index (κ3) is 8.24. The third-order valence-electron chi connectivity index (χ3n) is 14.3. The Morgan fingerprint density at radius 2 is 1.37 bits per heavy atom. The maximum atomic E-state index is 16.7. The second kappa shape index (κ2) is 19.4. The number of esters is 1. The molecule has 11 rings (SSSR count). The van der Waals surface area contributed by atoms with Gasteiger partial charge in [-0.05, 0) is 82.8 Å². The van der Waals surface area contributed by atoms with Crippen LogP contribution in [0.4, 0.5) is 10.5 Å². The summed E-state index contributed by atoms with van der Waals surface area (Å²) in [4.78, 5) is 66.1. The molecule has 0 unspecified atom stereocenters. The Labute approximate surface area is 420 Å². The summed E-state index contributed by atoms with van der Waals surface area (Å²) in [5, 5.41) is 36.9. The first-order valence-electron chi connectivity index (χ1n) is 24.1. The van der Waals surface area contributed by atoms with E-state index in [0.29, 0.717) is 27.8 Å². The van der Waals surface area contributed by atoms with E-state index in [2.05, 4.69) is 32.8 Å². The van der Waals surface area contributed by atoms with Gasteiger partial charge in [0.1, 0.15) is 35.4 Å². The number of morpholine rings is 1. The van der Waals surface area contributed by atoms with Crippen molar-refractivity contribution in [2.24, 2.45) is 5.92 Å². The van der Waals surface area contributed by atoms with Crippen molar-refractivity contribution in [3.63, 3.8) is 0 Å². The predicted molar refractivity (Wildman–Crippen MR) is 272 cm³/mol. The molecule has 0 bridgehead atoms. The topological polar surface area (TPSA) is 179 Å². The first-order valence-corrected chi connectivity index (χ1v) is 24.1. The van der Waals surface area contributed by atoms with E-state index in [1.807, 2.05) is 133 Å². The summed E-state index contributed by atoms with van der Waals surface area (Å²) in [5.74, 6) is 2.53. The number of aromatic hydroxyl groups is 1. The lowest BCUT2D eigenvalue weighted by atomic mass is 9.65. The molecular weight excluding hydrogens is 919 g/mol. The lowest BCUT2D eigenvalue weighted by Crippen LogP contribution is -2.56. The number of benzene rings is 7. The maximum absolute atomic E-state index is 16.7. The van der Waals surface area contributed by atoms with Gasteiger partial charge in [0, 0.05) is 12.1 Å². The van der Waals surface area contributed by atoms with Crippen LogP contribution in [0.2, 0.25) is 0 Å². The zero-order valence-corrected chi connectivity index (χ0v) is 39.5. The number of carbonyl (C=O) groups is 4. The van der Waals surface area contributed by atoms with Crippen molar-refractivity contribution in [3.05, 3.63) is 227 Å². The number of nitrogens with zero attached hydrogens (tertiary/aromatic N) is 5. The molecule has 3 aliphatic heterocycles. The van der Waals surface area contributed by atoms with Crippen molar-refractivity contribution in [1.29, 1.82) is 0 Å². The van der Waals surface area contributed by atoms with Crippen molar-refractivity contribution in [2.45, 2.75) is 55.3 Å². The van der Waals surface area contributed by atoms with E-state index in [1.54, 1.807) is 59.3 Å². The average Bonchev–Trinajstić information content (AvgIpc) is 4.10. The summed E-state index contributed by atoms with van der Waals surface area (Å²) in [6.07, 6.45) is -2.11. The molecule has 8 aromatic rings. The highest BCUT2D eigenvalue weighted by atomic mass is 16.6. The highest BCUT2D eigenvalue weighted by molar-refractivity contribution is 6.24. The number of hydrogen-bond donors (Lipinski definition) is 4. The number of para-hydroxylation sites is 1. The van der Waals surface area contributed by atoms with Gasteiger partial charge in [0.05, 0.1) is 41.4 Å². The number of phenols is 1. The number of amides is 4. The second-order valence-corrected chi connectivity index (χ2v) is 18.5. The van der Waals surface area contributed by atoms with Crippen LogP contribution in [0.1, 0.15) is 76.2 Å². The van der Waals surface area contributed by atoms with Gasteiger partial charge in [-0.2, -0.15) is 0 Å². The number of aliphatic hydroxyl groups is 1. The predicted octanol–water partition coefficient (Wildman–Crippen LogP) is 8.17. The van der Waals surface area contributed by atoms with Gasteiger partial charge in [0.2, 0.25) is 11.8 Å². The van der Waals surface area contributed by atoms with Crippen LogP contribution in [-0.4, -0.2) is 66.5 Å². The van der Waals surface area contributed by atoms with Gasteiger partial charge >= 0.3 is 12.0 Å². The van der Waals surface area contributed by atoms with E-state index in [0.717, 1.165) is 21.5 Å². The summed E-state index contributed by atoms with van der Waals surface area (Å²) in [7, 11) is 0. The Morgan fingerprint density at radius 1 is 0.740 bits per heavy atom. The van der Waals surface area contributed by atoms with Gasteiger partial charge in [-0.25, -0.2) is 14.4 Å². The van der Waals surface area contributed by atoms with E-state index >= 15 is 19.2 Å². The van der Waals surface area contributed by atoms with Crippen molar-refractivity contribution in [3.8, 4) is 17.6 Å². The molecule has 4 amide bonds. The molecule has 4 heterocycles. The monoisotopic (exact) mass is 967 g/mol. The van der Waals surface area contributed by atoms with Crippen LogP contribution in [-0.2, 0) is 31.1 Å². The fourth-order valence-electron chi connectivity index (χ4n) is 11.1. The number of aromatic nitrogens is 3. The number of rotatable bonds is 10. The Morgan fingerprint density at radius 3 is 2.07 bits per heavy atom. The Kier molecular flexibility index (Phi) is 12.3. The Bertz CT molecular complexity index is 3420. The van der Waals surface area contributed by atoms with Gasteiger partial charge in [0.15, 0.2) is 0 Å². The number of aliphatic hydroxyl groups excluding tert-OH is 1. The van der Waals surface area contributed by atoms with E-state index in [4.69, 9.17) is 4.74 Å². The molecule has 3 aliphatic rings. The summed E-state index contributed by atoms with van der Waals surface area (Å²) in [5.41, 5.74) is 3.52. The number of hydrogen-bond acceptors (Lipinski definition) is 10. The molecule has 0 radical (unpaired) electrons. The summed E-state index contributed by atoms with van der Waals surface area (Å²) < 4.78 is 8.27. The van der Waals surface area contributed by atoms with Crippen LogP contribution in [0.5, 0.6) is 5.75 Å². The SMILES string of the molecule is C[C@@H](NC(=O)N1C(=O)[C@@]2(c3cc(C#CCn4nnc5ccccc54)ccc31)[C@H](c1ccc(O)cc1)N1[C@H](c3ccccc3)[C@H](c3ccccc3)OC(=O)[C@H]1[C@@H]2C(=O)NC[C@H](O)c1ccccc1)c1ccccc1. The molecule has 0 saturated carbocycles. The number of imide groups is 1. The van der Waals surface area contributed by atoms with Gasteiger partial charge < -0.3 is 25.6 Å². The lowest BCUT2D eigenvalue weighted by Gasteiger charge is -2.46. The number of carbonyl (C=O) groups excluding carboxylic acids is 4. The fraction of sp³-hybridized carbons (Fsp3) is 0.186. The quantitative estimate of drug-likeness (QED) is 0.0772. The third-order valence-corrected chi connectivity index (χ3v) is 14.3. The van der Waals surface area contributed by atoms with Crippen molar-refractivity contribution in [2.75, 3.05) is 11.4 Å². The molecule has 73 heavy (non-hydrogen) atoms. The molecule has 2 saturated heterocycles. The largest absolute Gasteiger partial charge is 0.508 e. The van der Waals surface area contributed by atoms with Gasteiger partial charge in [0.25, 0.3) is 0 Å². The molecule has 7 aromatic carbocycles. The van der Waals surface area contributed by atoms with Crippen molar-refractivity contribution < 1.29 is 34.1 Å². The van der Waals surface area contributed by atoms with Crippen molar-refractivity contribution >= 4 is 40.5 Å². The number of fused-ring (bicyclic) bond motifs is 4. The van der Waals surface area contributed by atoms with Crippen LogP contribution in [0.15, 0.2) is 188 Å². The average molecular weight is 968 g/mol. The molecule has 0 aliphatic carbocycles. The zero-order valence-electron chi connectivity index (χ0n) is 39.5. The highest BCUT2D eigenvalue weighted by Crippen LogP contribution is 2.66. The normalized spacial score (nSPS) is 21.9. The van der Waals surface area contributed by atoms with E-state index in [1.165, 1.54) is 12.1 Å². The van der Waals surface area contributed by atoms with Crippen LogP contribution in [0.3, 0.4) is 0 Å². The number of cyclic esters (lactones) is 1. The molecule has 14 nitrogen and oxygen atoms in total. The van der Waals surface area contributed by atoms with Crippen LogP contribution < -0.4 is 15.5 Å². The lowest BCUT2D eigenvalue weighted by molar-refractivity contribution is -0.178. The van der Waals surface area contributed by atoms with E-state index in [9.17, 15) is 10.2 Å². The fourth-order valence-corrected chi connectivity index (χ4v) is 11.1. The number of ether oxygens (including phenoxy) is 1. The van der Waals surface area contributed by atoms with Gasteiger partial charge in [-0.1, -0.05) is 163 Å². The maximum Gasteiger partial charge on any atom is 0.329 e. The molecule has 4 N–H and O–H groups in total. The number of urea groups is 1. The van der Waals surface area contributed by atoms with E-state index in [-0.39, 0.29) is 30.1 Å². The molecule has 1 aromatic heterocycles. The number of anilines is 1. The van der Waals surface area contributed by atoms with E-state index < -0.39 is 71.5 Å². The van der Waals surface area contributed by atoms with Crippen LogP contribution >= 0.6 is 0 Å².